The third kappa shape index (κ3) is 6.01. The van der Waals surface area contributed by atoms with Gasteiger partial charge in [-0.2, -0.15) is 13.2 Å². The largest absolute Gasteiger partial charge is 0.573 e. The van der Waals surface area contributed by atoms with Crippen molar-refractivity contribution in [1.29, 1.82) is 0 Å². The number of benzene rings is 2. The van der Waals surface area contributed by atoms with Gasteiger partial charge in [0.1, 0.15) is 5.75 Å². The number of carbonyl (C=O) groups is 1. The summed E-state index contributed by atoms with van der Waals surface area (Å²) in [5.74, 6) is -2.47. The van der Waals surface area contributed by atoms with Crippen molar-refractivity contribution in [3.8, 4) is 11.5 Å². The molecule has 2 saturated heterocycles. The van der Waals surface area contributed by atoms with Crippen LogP contribution in [0.2, 0.25) is 0 Å². The Morgan fingerprint density at radius 1 is 1.08 bits per heavy atom. The van der Waals surface area contributed by atoms with Crippen LogP contribution in [0.1, 0.15) is 24.8 Å². The molecule has 2 amide bonds. The third-order valence-electron chi connectivity index (χ3n) is 5.97. The van der Waals surface area contributed by atoms with Crippen LogP contribution in [0.15, 0.2) is 42.5 Å². The molecule has 3 atom stereocenters. The Morgan fingerprint density at radius 2 is 1.81 bits per heavy atom. The number of nitrogens with one attached hydrogen (secondary N) is 3. The second-order valence-electron chi connectivity index (χ2n) is 8.45. The maximum absolute atomic E-state index is 13.9. The second kappa shape index (κ2) is 10.2. The Kier molecular flexibility index (Phi) is 7.42. The molecule has 3 unspecified atom stereocenters. The number of rotatable bonds is 6. The first-order valence-corrected chi connectivity index (χ1v) is 11.2. The van der Waals surface area contributed by atoms with Crippen LogP contribution in [-0.4, -0.2) is 44.0 Å². The van der Waals surface area contributed by atoms with Crippen LogP contribution in [0.3, 0.4) is 0 Å². The van der Waals surface area contributed by atoms with Gasteiger partial charge in [0.15, 0.2) is 23.4 Å². The molecule has 2 aromatic carbocycles. The minimum atomic E-state index is -5.08. The van der Waals surface area contributed by atoms with Crippen LogP contribution in [0.5, 0.6) is 11.5 Å². The number of amides is 2. The number of para-hydroxylation sites is 1. The number of urea groups is 1. The lowest BCUT2D eigenvalue weighted by Gasteiger charge is -2.44. The first-order chi connectivity index (χ1) is 17.4. The minimum absolute atomic E-state index is 0.0518. The Bertz CT molecular complexity index is 1120. The number of hydrogen-bond acceptors (Lipinski definition) is 5. The highest BCUT2D eigenvalue weighted by Crippen LogP contribution is 2.52. The highest BCUT2D eigenvalue weighted by atomic mass is 19.4. The lowest BCUT2D eigenvalue weighted by molar-refractivity contribution is -0.334. The van der Waals surface area contributed by atoms with Crippen molar-refractivity contribution in [2.24, 2.45) is 0 Å². The number of piperidine rings is 1. The number of anilines is 1. The lowest BCUT2D eigenvalue weighted by Crippen LogP contribution is -2.57. The first-order valence-electron chi connectivity index (χ1n) is 11.2. The SMILES string of the molecule is O=C(Nc1ccc(OC(F)(F)F)c(F)c1)NC1CCCNC1Oc1ccccc1C1(C(F)(F)F)CCO1. The van der Waals surface area contributed by atoms with E-state index in [1.807, 2.05) is 0 Å². The highest BCUT2D eigenvalue weighted by Gasteiger charge is 2.62. The summed E-state index contributed by atoms with van der Waals surface area (Å²) < 4.78 is 107. The molecule has 2 aliphatic rings. The Labute approximate surface area is 206 Å². The Balaban J connectivity index is 1.45. The Hall–Kier alpha value is -3.26. The molecule has 0 bridgehead atoms. The number of carbonyl (C=O) groups excluding carboxylic acids is 1. The fraction of sp³-hybridized carbons (Fsp3) is 0.435. The lowest BCUT2D eigenvalue weighted by atomic mass is 9.85. The third-order valence-corrected chi connectivity index (χ3v) is 5.97. The molecule has 37 heavy (non-hydrogen) atoms. The molecule has 0 aliphatic carbocycles. The van der Waals surface area contributed by atoms with Gasteiger partial charge in [-0.1, -0.05) is 18.2 Å². The second-order valence-corrected chi connectivity index (χ2v) is 8.45. The van der Waals surface area contributed by atoms with Crippen molar-refractivity contribution < 1.29 is 49.7 Å². The summed E-state index contributed by atoms with van der Waals surface area (Å²) in [6.45, 7) is 0.420. The number of hydrogen-bond donors (Lipinski definition) is 3. The van der Waals surface area contributed by atoms with Crippen LogP contribution in [0.4, 0.5) is 41.2 Å². The molecule has 14 heteroatoms. The van der Waals surface area contributed by atoms with Crippen LogP contribution in [0.25, 0.3) is 0 Å². The summed E-state index contributed by atoms with van der Waals surface area (Å²) in [4.78, 5) is 12.5. The highest BCUT2D eigenvalue weighted by molar-refractivity contribution is 5.89. The smallest absolute Gasteiger partial charge is 0.473 e. The summed E-state index contributed by atoms with van der Waals surface area (Å²) in [6.07, 6.45) is -9.91. The number of ether oxygens (including phenoxy) is 3. The van der Waals surface area contributed by atoms with E-state index in [9.17, 15) is 35.5 Å². The van der Waals surface area contributed by atoms with Gasteiger partial charge < -0.3 is 24.8 Å². The van der Waals surface area contributed by atoms with Crippen LogP contribution in [-0.2, 0) is 10.3 Å². The van der Waals surface area contributed by atoms with Gasteiger partial charge >= 0.3 is 18.6 Å². The molecule has 4 rings (SSSR count). The van der Waals surface area contributed by atoms with Crippen LogP contribution in [0, 0.1) is 5.82 Å². The van der Waals surface area contributed by atoms with Gasteiger partial charge in [-0.05, 0) is 37.6 Å². The molecule has 2 fully saturated rings. The van der Waals surface area contributed by atoms with Gasteiger partial charge in [-0.25, -0.2) is 9.18 Å². The maximum atomic E-state index is 13.9. The van der Waals surface area contributed by atoms with E-state index in [0.29, 0.717) is 31.5 Å². The van der Waals surface area contributed by atoms with Gasteiger partial charge in [-0.15, -0.1) is 13.2 Å². The molecule has 2 heterocycles. The molecular formula is C23H22F7N3O4. The molecule has 3 N–H and O–H groups in total. The molecule has 2 aliphatic heterocycles. The van der Waals surface area contributed by atoms with Crippen molar-refractivity contribution in [3.05, 3.63) is 53.8 Å². The van der Waals surface area contributed by atoms with Crippen molar-refractivity contribution >= 4 is 11.7 Å². The van der Waals surface area contributed by atoms with E-state index in [-0.39, 0.29) is 30.0 Å². The fourth-order valence-electron chi connectivity index (χ4n) is 4.19. The zero-order chi connectivity index (χ0) is 26.8. The van der Waals surface area contributed by atoms with E-state index in [1.54, 1.807) is 0 Å². The van der Waals surface area contributed by atoms with E-state index < -0.39 is 48.0 Å². The minimum Gasteiger partial charge on any atom is -0.473 e. The summed E-state index contributed by atoms with van der Waals surface area (Å²) in [5.41, 5.74) is -2.81. The average molecular weight is 537 g/mol. The zero-order valence-corrected chi connectivity index (χ0v) is 19.0. The van der Waals surface area contributed by atoms with Gasteiger partial charge in [-0.3, -0.25) is 5.32 Å². The summed E-state index contributed by atoms with van der Waals surface area (Å²) in [5, 5.41) is 7.91. The van der Waals surface area contributed by atoms with Gasteiger partial charge in [0.2, 0.25) is 0 Å². The maximum Gasteiger partial charge on any atom is 0.573 e. The number of halogens is 7. The molecule has 2 aromatic rings. The van der Waals surface area contributed by atoms with E-state index >= 15 is 0 Å². The van der Waals surface area contributed by atoms with Gasteiger partial charge in [0.05, 0.1) is 12.6 Å². The average Bonchev–Trinajstić information content (AvgIpc) is 2.75. The van der Waals surface area contributed by atoms with Gasteiger partial charge in [0.25, 0.3) is 0 Å². The van der Waals surface area contributed by atoms with Crippen molar-refractivity contribution in [2.45, 2.75) is 49.7 Å². The monoisotopic (exact) mass is 537 g/mol. The van der Waals surface area contributed by atoms with Crippen molar-refractivity contribution in [2.75, 3.05) is 18.5 Å². The molecule has 0 radical (unpaired) electrons. The van der Waals surface area contributed by atoms with E-state index in [4.69, 9.17) is 9.47 Å². The van der Waals surface area contributed by atoms with Crippen LogP contribution < -0.4 is 25.4 Å². The molecular weight excluding hydrogens is 515 g/mol. The predicted molar refractivity (Wildman–Crippen MR) is 115 cm³/mol. The van der Waals surface area contributed by atoms with Gasteiger partial charge in [0, 0.05) is 23.7 Å². The molecule has 7 nitrogen and oxygen atoms in total. The summed E-state index contributed by atoms with van der Waals surface area (Å²) >= 11 is 0. The quantitative estimate of drug-likeness (QED) is 0.443. The van der Waals surface area contributed by atoms with Crippen molar-refractivity contribution in [1.82, 2.24) is 10.6 Å². The van der Waals surface area contributed by atoms with Crippen LogP contribution >= 0.6 is 0 Å². The standard InChI is InChI=1S/C23H22F7N3O4/c24-15-12-13(7-8-18(15)37-23(28,29)30)32-20(34)33-16-5-3-10-31-19(16)36-17-6-2-1-4-14(17)21(9-11-35-21)22(25,26)27/h1-2,4,6-8,12,16,19,31H,3,5,9-11H2,(H2,32,33,34). The topological polar surface area (TPSA) is 80.9 Å². The van der Waals surface area contributed by atoms with E-state index in [1.165, 1.54) is 24.3 Å². The molecule has 0 saturated carbocycles. The predicted octanol–water partition coefficient (Wildman–Crippen LogP) is 5.18. The molecule has 0 aromatic heterocycles. The zero-order valence-electron chi connectivity index (χ0n) is 19.0. The van der Waals surface area contributed by atoms with E-state index in [0.717, 1.165) is 6.07 Å². The first kappa shape index (κ1) is 26.8. The number of alkyl halides is 6. The fourth-order valence-corrected chi connectivity index (χ4v) is 4.19. The molecule has 0 spiro atoms. The van der Waals surface area contributed by atoms with Crippen molar-refractivity contribution in [3.63, 3.8) is 0 Å². The summed E-state index contributed by atoms with van der Waals surface area (Å²) in [7, 11) is 0. The Morgan fingerprint density at radius 3 is 2.43 bits per heavy atom. The summed E-state index contributed by atoms with van der Waals surface area (Å²) in [6, 6.07) is 6.46. The molecule has 202 valence electrons. The van der Waals surface area contributed by atoms with E-state index in [2.05, 4.69) is 20.7 Å². The normalized spacial score (nSPS) is 24.1.